The van der Waals surface area contributed by atoms with E-state index >= 15 is 0 Å². The summed E-state index contributed by atoms with van der Waals surface area (Å²) in [5, 5.41) is 2.91. The van der Waals surface area contributed by atoms with E-state index in [2.05, 4.69) is 5.32 Å². The molecule has 0 aromatic carbocycles. The number of carbonyl (C=O) groups excluding carboxylic acids is 4. The molecule has 0 radical (unpaired) electrons. The van der Waals surface area contributed by atoms with E-state index in [-0.39, 0.29) is 35.9 Å². The molecular weight excluding hydrogens is 388 g/mol. The number of hydrogen-bond donors (Lipinski definition) is 1. The zero-order valence-corrected chi connectivity index (χ0v) is 17.7. The molecule has 3 aliphatic heterocycles. The van der Waals surface area contributed by atoms with Gasteiger partial charge in [-0.3, -0.25) is 14.5 Å². The summed E-state index contributed by atoms with van der Waals surface area (Å²) in [5.41, 5.74) is -0.920. The molecule has 9 nitrogen and oxygen atoms in total. The SMILES string of the molecule is CCOC(=O)N1CCC2(CC1)NC(=O)N(C1CCN(C(=O)C3CCCC3)CC1)C2=O. The summed E-state index contributed by atoms with van der Waals surface area (Å²) in [6.45, 7) is 4.03. The second kappa shape index (κ2) is 8.43. The number of nitrogens with zero attached hydrogens (tertiary/aromatic N) is 3. The number of nitrogens with one attached hydrogen (secondary N) is 1. The molecule has 166 valence electrons. The van der Waals surface area contributed by atoms with Crippen LogP contribution in [0, 0.1) is 5.92 Å². The highest BCUT2D eigenvalue weighted by atomic mass is 16.6. The van der Waals surface area contributed by atoms with Crippen LogP contribution in [0.25, 0.3) is 0 Å². The lowest BCUT2D eigenvalue weighted by Crippen LogP contribution is -2.56. The standard InChI is InChI=1S/C21H32N4O5/c1-2-30-20(29)24-13-9-21(10-14-24)18(27)25(19(28)22-21)16-7-11-23(12-8-16)17(26)15-5-3-4-6-15/h15-16H,2-14H2,1H3,(H,22,28). The van der Waals surface area contributed by atoms with Crippen LogP contribution in [0.4, 0.5) is 9.59 Å². The molecule has 1 aliphatic carbocycles. The van der Waals surface area contributed by atoms with Gasteiger partial charge in [-0.25, -0.2) is 9.59 Å². The van der Waals surface area contributed by atoms with Crippen LogP contribution in [0.15, 0.2) is 0 Å². The zero-order valence-electron chi connectivity index (χ0n) is 17.7. The number of carbonyl (C=O) groups is 4. The summed E-state index contributed by atoms with van der Waals surface area (Å²) in [4.78, 5) is 55.4. The molecule has 1 N–H and O–H groups in total. The molecule has 0 atom stereocenters. The van der Waals surface area contributed by atoms with Gasteiger partial charge < -0.3 is 19.9 Å². The first kappa shape index (κ1) is 20.9. The van der Waals surface area contributed by atoms with Crippen molar-refractivity contribution >= 4 is 23.9 Å². The summed E-state index contributed by atoms with van der Waals surface area (Å²) in [6, 6.07) is -0.516. The first-order valence-electron chi connectivity index (χ1n) is 11.3. The minimum atomic E-state index is -0.920. The number of rotatable bonds is 3. The number of urea groups is 1. The molecule has 3 saturated heterocycles. The van der Waals surface area contributed by atoms with Crippen LogP contribution in [-0.2, 0) is 14.3 Å². The molecule has 9 heteroatoms. The van der Waals surface area contributed by atoms with E-state index in [1.54, 1.807) is 11.8 Å². The highest BCUT2D eigenvalue weighted by Crippen LogP contribution is 2.33. The summed E-state index contributed by atoms with van der Waals surface area (Å²) >= 11 is 0. The summed E-state index contributed by atoms with van der Waals surface area (Å²) < 4.78 is 5.03. The van der Waals surface area contributed by atoms with Crippen LogP contribution in [-0.4, -0.2) is 83.0 Å². The van der Waals surface area contributed by atoms with Gasteiger partial charge in [0.25, 0.3) is 5.91 Å². The molecule has 30 heavy (non-hydrogen) atoms. The Bertz CT molecular complexity index is 704. The van der Waals surface area contributed by atoms with Crippen molar-refractivity contribution in [3.05, 3.63) is 0 Å². The first-order valence-corrected chi connectivity index (χ1v) is 11.3. The predicted octanol–water partition coefficient (Wildman–Crippen LogP) is 1.71. The van der Waals surface area contributed by atoms with Crippen LogP contribution in [0.5, 0.6) is 0 Å². The monoisotopic (exact) mass is 420 g/mol. The fourth-order valence-electron chi connectivity index (χ4n) is 5.37. The Morgan fingerprint density at radius 2 is 1.63 bits per heavy atom. The van der Waals surface area contributed by atoms with Crippen molar-refractivity contribution in [2.24, 2.45) is 5.92 Å². The van der Waals surface area contributed by atoms with E-state index in [1.165, 1.54) is 4.90 Å². The molecule has 0 aromatic heterocycles. The van der Waals surface area contributed by atoms with Gasteiger partial charge in [0.05, 0.1) is 6.61 Å². The molecule has 0 bridgehead atoms. The van der Waals surface area contributed by atoms with E-state index in [4.69, 9.17) is 4.74 Å². The lowest BCUT2D eigenvalue weighted by molar-refractivity contribution is -0.138. The summed E-state index contributed by atoms with van der Waals surface area (Å²) in [5.74, 6) is 0.216. The minimum absolute atomic E-state index is 0.158. The predicted molar refractivity (Wildman–Crippen MR) is 107 cm³/mol. The largest absolute Gasteiger partial charge is 0.450 e. The highest BCUT2D eigenvalue weighted by Gasteiger charge is 2.54. The van der Waals surface area contributed by atoms with Gasteiger partial charge in [-0.15, -0.1) is 0 Å². The number of imide groups is 1. The zero-order chi connectivity index (χ0) is 21.3. The van der Waals surface area contributed by atoms with Crippen LogP contribution in [0.1, 0.15) is 58.3 Å². The van der Waals surface area contributed by atoms with E-state index in [0.717, 1.165) is 25.7 Å². The van der Waals surface area contributed by atoms with Gasteiger partial charge >= 0.3 is 12.1 Å². The number of amides is 5. The average molecular weight is 421 g/mol. The maximum Gasteiger partial charge on any atom is 0.409 e. The smallest absolute Gasteiger partial charge is 0.409 e. The van der Waals surface area contributed by atoms with Gasteiger partial charge in [-0.05, 0) is 45.4 Å². The summed E-state index contributed by atoms with van der Waals surface area (Å²) in [6.07, 6.45) is 5.90. The number of ether oxygens (including phenoxy) is 1. The van der Waals surface area contributed by atoms with Crippen LogP contribution in [0.3, 0.4) is 0 Å². The van der Waals surface area contributed by atoms with Gasteiger partial charge in [-0.2, -0.15) is 0 Å². The van der Waals surface area contributed by atoms with Gasteiger partial charge in [-0.1, -0.05) is 12.8 Å². The van der Waals surface area contributed by atoms with Crippen molar-refractivity contribution < 1.29 is 23.9 Å². The van der Waals surface area contributed by atoms with E-state index in [1.807, 2.05) is 4.90 Å². The number of likely N-dealkylation sites (tertiary alicyclic amines) is 2. The van der Waals surface area contributed by atoms with E-state index < -0.39 is 5.54 Å². The topological polar surface area (TPSA) is 99.3 Å². The van der Waals surface area contributed by atoms with Crippen LogP contribution in [0.2, 0.25) is 0 Å². The molecule has 1 spiro atoms. The fraction of sp³-hybridized carbons (Fsp3) is 0.810. The third-order valence-electron chi connectivity index (χ3n) is 7.18. The third kappa shape index (κ3) is 3.74. The van der Waals surface area contributed by atoms with E-state index in [0.29, 0.717) is 58.5 Å². The first-order chi connectivity index (χ1) is 14.4. The van der Waals surface area contributed by atoms with Crippen molar-refractivity contribution in [3.8, 4) is 0 Å². The Hall–Kier alpha value is -2.32. The molecule has 4 aliphatic rings. The van der Waals surface area contributed by atoms with Gasteiger partial charge in [0, 0.05) is 38.1 Å². The highest BCUT2D eigenvalue weighted by molar-refractivity contribution is 6.07. The van der Waals surface area contributed by atoms with Crippen LogP contribution < -0.4 is 5.32 Å². The molecule has 0 unspecified atom stereocenters. The Kier molecular flexibility index (Phi) is 5.88. The third-order valence-corrected chi connectivity index (χ3v) is 7.18. The summed E-state index contributed by atoms with van der Waals surface area (Å²) in [7, 11) is 0. The fourth-order valence-corrected chi connectivity index (χ4v) is 5.37. The Labute approximate surface area is 177 Å². The maximum absolute atomic E-state index is 13.2. The van der Waals surface area contributed by atoms with Crippen LogP contribution >= 0.6 is 0 Å². The molecule has 5 amide bonds. The molecule has 3 heterocycles. The molecular formula is C21H32N4O5. The molecule has 0 aromatic rings. The van der Waals surface area contributed by atoms with E-state index in [9.17, 15) is 19.2 Å². The molecule has 1 saturated carbocycles. The maximum atomic E-state index is 13.2. The Morgan fingerprint density at radius 3 is 2.23 bits per heavy atom. The van der Waals surface area contributed by atoms with Crippen molar-refractivity contribution in [3.63, 3.8) is 0 Å². The van der Waals surface area contributed by atoms with Gasteiger partial charge in [0.15, 0.2) is 0 Å². The van der Waals surface area contributed by atoms with Crippen molar-refractivity contribution in [2.75, 3.05) is 32.8 Å². The average Bonchev–Trinajstić information content (AvgIpc) is 3.36. The number of piperidine rings is 2. The second-order valence-electron chi connectivity index (χ2n) is 8.91. The number of hydrogen-bond acceptors (Lipinski definition) is 5. The lowest BCUT2D eigenvalue weighted by Gasteiger charge is -2.38. The van der Waals surface area contributed by atoms with Gasteiger partial charge in [0.1, 0.15) is 5.54 Å². The molecule has 4 fully saturated rings. The lowest BCUT2D eigenvalue weighted by atomic mass is 9.87. The van der Waals surface area contributed by atoms with Crippen molar-refractivity contribution in [1.82, 2.24) is 20.0 Å². The Morgan fingerprint density at radius 1 is 1.00 bits per heavy atom. The second-order valence-corrected chi connectivity index (χ2v) is 8.91. The Balaban J connectivity index is 1.34. The molecule has 4 rings (SSSR count). The normalized spacial score (nSPS) is 25.2. The van der Waals surface area contributed by atoms with Crippen molar-refractivity contribution in [2.45, 2.75) is 69.9 Å². The van der Waals surface area contributed by atoms with Crippen molar-refractivity contribution in [1.29, 1.82) is 0 Å². The minimum Gasteiger partial charge on any atom is -0.450 e. The van der Waals surface area contributed by atoms with Gasteiger partial charge in [0.2, 0.25) is 5.91 Å². The quantitative estimate of drug-likeness (QED) is 0.701.